The van der Waals surface area contributed by atoms with E-state index in [-0.39, 0.29) is 0 Å². The average Bonchev–Trinajstić information content (AvgIpc) is 2.78. The van der Waals surface area contributed by atoms with Gasteiger partial charge in [0.2, 0.25) is 0 Å². The molecular formula is C26H59NO3. The standard InChI is InChI=1S/C13H28O.C11H25NO2.C2H6/c1-3-4-5-6-7-8-9-10-11-12-13-14-2;1-3-9-14-11(2)10-12-7-5-4-6-8-13;1-2/h3-13H2,1-2H3;11-13H,3-10H2,1-2H3;1-2H3. The van der Waals surface area contributed by atoms with Gasteiger partial charge in [0.15, 0.2) is 0 Å². The number of nitrogens with one attached hydrogen (secondary N) is 1. The fourth-order valence-electron chi connectivity index (χ4n) is 2.96. The van der Waals surface area contributed by atoms with Crippen molar-refractivity contribution in [1.82, 2.24) is 5.32 Å². The Bertz CT molecular complexity index is 240. The Morgan fingerprint density at radius 1 is 0.700 bits per heavy atom. The Hall–Kier alpha value is -0.160. The maximum absolute atomic E-state index is 8.57. The van der Waals surface area contributed by atoms with Crippen LogP contribution in [-0.2, 0) is 9.47 Å². The molecule has 0 spiro atoms. The summed E-state index contributed by atoms with van der Waals surface area (Å²) in [5.74, 6) is 0. The molecule has 1 atom stereocenters. The van der Waals surface area contributed by atoms with E-state index in [0.717, 1.165) is 52.0 Å². The van der Waals surface area contributed by atoms with Gasteiger partial charge in [-0.3, -0.25) is 0 Å². The van der Waals surface area contributed by atoms with Gasteiger partial charge in [-0.05, 0) is 45.6 Å². The van der Waals surface area contributed by atoms with E-state index in [2.05, 4.69) is 26.1 Å². The third kappa shape index (κ3) is 38.4. The second kappa shape index (κ2) is 36.2. The number of ether oxygens (including phenoxy) is 2. The quantitative estimate of drug-likeness (QED) is 0.189. The summed E-state index contributed by atoms with van der Waals surface area (Å²) in [7, 11) is 1.79. The average molecular weight is 434 g/mol. The minimum atomic E-state index is 0.313. The zero-order valence-corrected chi connectivity index (χ0v) is 21.8. The molecule has 0 aliphatic rings. The lowest BCUT2D eigenvalue weighted by molar-refractivity contribution is 0.0664. The first kappa shape index (κ1) is 34.5. The summed E-state index contributed by atoms with van der Waals surface area (Å²) in [5.41, 5.74) is 0. The molecule has 30 heavy (non-hydrogen) atoms. The van der Waals surface area contributed by atoms with Gasteiger partial charge in [-0.2, -0.15) is 0 Å². The summed E-state index contributed by atoms with van der Waals surface area (Å²) < 4.78 is 10.5. The number of methoxy groups -OCH3 is 1. The third-order valence-corrected chi connectivity index (χ3v) is 4.75. The second-order valence-corrected chi connectivity index (χ2v) is 7.84. The Balaban J connectivity index is -0.000000448. The van der Waals surface area contributed by atoms with E-state index in [1.54, 1.807) is 7.11 Å². The van der Waals surface area contributed by atoms with Crippen molar-refractivity contribution in [2.45, 2.75) is 131 Å². The maximum atomic E-state index is 8.57. The highest BCUT2D eigenvalue weighted by molar-refractivity contribution is 4.55. The van der Waals surface area contributed by atoms with Crippen molar-refractivity contribution in [1.29, 1.82) is 0 Å². The van der Waals surface area contributed by atoms with Crippen molar-refractivity contribution in [2.75, 3.05) is 40.0 Å². The van der Waals surface area contributed by atoms with E-state index in [4.69, 9.17) is 14.6 Å². The van der Waals surface area contributed by atoms with Crippen LogP contribution in [0.15, 0.2) is 0 Å². The number of aliphatic hydroxyl groups is 1. The largest absolute Gasteiger partial charge is 0.396 e. The Labute approximate surface area is 190 Å². The van der Waals surface area contributed by atoms with E-state index in [0.29, 0.717) is 12.7 Å². The summed E-state index contributed by atoms with van der Waals surface area (Å²) in [6.45, 7) is 14.6. The van der Waals surface area contributed by atoms with Crippen LogP contribution in [0.4, 0.5) is 0 Å². The van der Waals surface area contributed by atoms with Gasteiger partial charge < -0.3 is 19.9 Å². The van der Waals surface area contributed by atoms with Crippen LogP contribution in [0.3, 0.4) is 0 Å². The Morgan fingerprint density at radius 2 is 1.23 bits per heavy atom. The highest BCUT2D eigenvalue weighted by atomic mass is 16.5. The van der Waals surface area contributed by atoms with E-state index in [1.165, 1.54) is 64.2 Å². The lowest BCUT2D eigenvalue weighted by atomic mass is 10.1. The molecule has 0 aromatic carbocycles. The van der Waals surface area contributed by atoms with Crippen molar-refractivity contribution in [3.05, 3.63) is 0 Å². The van der Waals surface area contributed by atoms with Crippen LogP contribution >= 0.6 is 0 Å². The first-order chi connectivity index (χ1) is 14.7. The monoisotopic (exact) mass is 433 g/mol. The van der Waals surface area contributed by atoms with Gasteiger partial charge >= 0.3 is 0 Å². The minimum Gasteiger partial charge on any atom is -0.396 e. The third-order valence-electron chi connectivity index (χ3n) is 4.75. The lowest BCUT2D eigenvalue weighted by Crippen LogP contribution is -2.27. The topological polar surface area (TPSA) is 50.7 Å². The molecule has 4 heteroatoms. The number of rotatable bonds is 21. The Kier molecular flexibility index (Phi) is 41.6. The van der Waals surface area contributed by atoms with Gasteiger partial charge in [0, 0.05) is 33.5 Å². The molecular weight excluding hydrogens is 374 g/mol. The van der Waals surface area contributed by atoms with Gasteiger partial charge in [0.05, 0.1) is 6.10 Å². The number of hydrogen-bond donors (Lipinski definition) is 2. The molecule has 0 aliphatic carbocycles. The van der Waals surface area contributed by atoms with Gasteiger partial charge in [0.1, 0.15) is 0 Å². The van der Waals surface area contributed by atoms with E-state index >= 15 is 0 Å². The maximum Gasteiger partial charge on any atom is 0.0671 e. The fourth-order valence-corrected chi connectivity index (χ4v) is 2.96. The first-order valence-electron chi connectivity index (χ1n) is 13.1. The molecule has 186 valence electrons. The fraction of sp³-hybridized carbons (Fsp3) is 1.00. The van der Waals surface area contributed by atoms with Crippen molar-refractivity contribution < 1.29 is 14.6 Å². The van der Waals surface area contributed by atoms with Crippen molar-refractivity contribution in [2.24, 2.45) is 0 Å². The molecule has 0 amide bonds. The number of unbranched alkanes of at least 4 members (excludes halogenated alkanes) is 11. The molecule has 0 fully saturated rings. The SMILES string of the molecule is CC.CCCCCCCCCCCCOC.CCCOC(C)CNCCCCCO. The van der Waals surface area contributed by atoms with Gasteiger partial charge in [-0.25, -0.2) is 0 Å². The molecule has 0 saturated heterocycles. The van der Waals surface area contributed by atoms with E-state index < -0.39 is 0 Å². The van der Waals surface area contributed by atoms with Crippen LogP contribution in [0.1, 0.15) is 125 Å². The summed E-state index contributed by atoms with van der Waals surface area (Å²) >= 11 is 0. The van der Waals surface area contributed by atoms with E-state index in [9.17, 15) is 0 Å². The van der Waals surface area contributed by atoms with Gasteiger partial charge in [0.25, 0.3) is 0 Å². The zero-order valence-electron chi connectivity index (χ0n) is 21.8. The summed E-state index contributed by atoms with van der Waals surface area (Å²) in [6, 6.07) is 0. The van der Waals surface area contributed by atoms with Gasteiger partial charge in [-0.1, -0.05) is 85.5 Å². The van der Waals surface area contributed by atoms with Crippen LogP contribution in [0.2, 0.25) is 0 Å². The number of aliphatic hydroxyl groups excluding tert-OH is 1. The summed E-state index contributed by atoms with van der Waals surface area (Å²) in [4.78, 5) is 0. The predicted octanol–water partition coefficient (Wildman–Crippen LogP) is 7.13. The molecule has 0 radical (unpaired) electrons. The predicted molar refractivity (Wildman–Crippen MR) is 135 cm³/mol. The molecule has 4 nitrogen and oxygen atoms in total. The first-order valence-corrected chi connectivity index (χ1v) is 13.1. The van der Waals surface area contributed by atoms with Crippen LogP contribution in [-0.4, -0.2) is 51.2 Å². The van der Waals surface area contributed by atoms with Crippen molar-refractivity contribution in [3.8, 4) is 0 Å². The zero-order chi connectivity index (χ0) is 23.1. The minimum absolute atomic E-state index is 0.313. The summed E-state index contributed by atoms with van der Waals surface area (Å²) in [6.07, 6.45) is 18.5. The molecule has 0 aliphatic heterocycles. The molecule has 0 aromatic rings. The highest BCUT2D eigenvalue weighted by Gasteiger charge is 1.99. The van der Waals surface area contributed by atoms with Gasteiger partial charge in [-0.15, -0.1) is 0 Å². The molecule has 0 bridgehead atoms. The van der Waals surface area contributed by atoms with Crippen LogP contribution in [0, 0.1) is 0 Å². The smallest absolute Gasteiger partial charge is 0.0671 e. The number of hydrogen-bond acceptors (Lipinski definition) is 4. The lowest BCUT2D eigenvalue weighted by Gasteiger charge is -2.13. The molecule has 0 aromatic heterocycles. The van der Waals surface area contributed by atoms with Crippen LogP contribution < -0.4 is 5.32 Å². The second-order valence-electron chi connectivity index (χ2n) is 7.84. The normalized spacial score (nSPS) is 11.3. The molecule has 0 rings (SSSR count). The van der Waals surface area contributed by atoms with Crippen LogP contribution in [0.25, 0.3) is 0 Å². The van der Waals surface area contributed by atoms with Crippen molar-refractivity contribution >= 4 is 0 Å². The molecule has 0 heterocycles. The highest BCUT2D eigenvalue weighted by Crippen LogP contribution is 2.10. The van der Waals surface area contributed by atoms with Crippen LogP contribution in [0.5, 0.6) is 0 Å². The van der Waals surface area contributed by atoms with E-state index in [1.807, 2.05) is 13.8 Å². The molecule has 1 unspecified atom stereocenters. The molecule has 0 saturated carbocycles. The Morgan fingerprint density at radius 3 is 1.73 bits per heavy atom. The van der Waals surface area contributed by atoms with Crippen molar-refractivity contribution in [3.63, 3.8) is 0 Å². The summed E-state index contributed by atoms with van der Waals surface area (Å²) in [5, 5.41) is 11.9. The molecule has 2 N–H and O–H groups in total.